The van der Waals surface area contributed by atoms with E-state index in [1.807, 2.05) is 0 Å². The molecule has 0 saturated carbocycles. The van der Waals surface area contributed by atoms with Crippen molar-refractivity contribution in [3.63, 3.8) is 0 Å². The minimum atomic E-state index is 0.439. The number of ether oxygens (including phenoxy) is 1. The molecule has 1 aromatic rings. The summed E-state index contributed by atoms with van der Waals surface area (Å²) in [6.07, 6.45) is 2.27. The fourth-order valence-electron chi connectivity index (χ4n) is 2.06. The Morgan fingerprint density at radius 2 is 1.87 bits per heavy atom. The second-order valence-electron chi connectivity index (χ2n) is 4.19. The Kier molecular flexibility index (Phi) is 3.75. The van der Waals surface area contributed by atoms with Crippen LogP contribution in [0.1, 0.15) is 31.4 Å². The first-order valence-corrected chi connectivity index (χ1v) is 5.75. The van der Waals surface area contributed by atoms with Gasteiger partial charge in [0.25, 0.3) is 0 Å². The summed E-state index contributed by atoms with van der Waals surface area (Å²) in [5.74, 6) is 0. The lowest BCUT2D eigenvalue weighted by Gasteiger charge is -2.27. The lowest BCUT2D eigenvalue weighted by Crippen LogP contribution is -2.36. The topological polar surface area (TPSA) is 21.3 Å². The minimum Gasteiger partial charge on any atom is -0.381 e. The van der Waals surface area contributed by atoms with Crippen LogP contribution in [0.4, 0.5) is 0 Å². The van der Waals surface area contributed by atoms with Gasteiger partial charge in [0.15, 0.2) is 0 Å². The Morgan fingerprint density at radius 1 is 1.20 bits per heavy atom. The van der Waals surface area contributed by atoms with Crippen molar-refractivity contribution in [1.29, 1.82) is 0 Å². The third-order valence-electron chi connectivity index (χ3n) is 3.01. The molecule has 2 nitrogen and oxygen atoms in total. The summed E-state index contributed by atoms with van der Waals surface area (Å²) < 4.78 is 5.35. The largest absolute Gasteiger partial charge is 0.381 e. The molecule has 0 bridgehead atoms. The highest BCUT2D eigenvalue weighted by Crippen LogP contribution is 2.15. The van der Waals surface area contributed by atoms with Crippen LogP contribution in [0.25, 0.3) is 0 Å². The summed E-state index contributed by atoms with van der Waals surface area (Å²) >= 11 is 0. The van der Waals surface area contributed by atoms with Crippen molar-refractivity contribution in [2.75, 3.05) is 13.2 Å². The maximum absolute atomic E-state index is 5.35. The molecular formula is C13H19NO. The number of rotatable bonds is 3. The van der Waals surface area contributed by atoms with E-state index in [9.17, 15) is 0 Å². The van der Waals surface area contributed by atoms with Crippen LogP contribution in [0.5, 0.6) is 0 Å². The molecule has 0 unspecified atom stereocenters. The summed E-state index contributed by atoms with van der Waals surface area (Å²) in [4.78, 5) is 0. The highest BCUT2D eigenvalue weighted by atomic mass is 16.5. The molecule has 1 aromatic carbocycles. The summed E-state index contributed by atoms with van der Waals surface area (Å²) in [6.45, 7) is 4.03. The molecule has 0 aliphatic carbocycles. The fraction of sp³-hybridized carbons (Fsp3) is 0.538. The number of benzene rings is 1. The first-order valence-electron chi connectivity index (χ1n) is 5.75. The number of nitrogens with one attached hydrogen (secondary N) is 1. The normalized spacial score (nSPS) is 20.1. The Hall–Kier alpha value is -0.860. The van der Waals surface area contributed by atoms with Crippen LogP contribution in [-0.4, -0.2) is 19.3 Å². The van der Waals surface area contributed by atoms with Crippen LogP contribution in [0.2, 0.25) is 0 Å². The highest BCUT2D eigenvalue weighted by molar-refractivity contribution is 5.18. The zero-order valence-electron chi connectivity index (χ0n) is 9.28. The van der Waals surface area contributed by atoms with E-state index in [1.165, 1.54) is 5.56 Å². The molecule has 1 aliphatic rings. The quantitative estimate of drug-likeness (QED) is 0.818. The molecular weight excluding hydrogens is 186 g/mol. The first kappa shape index (κ1) is 10.7. The molecule has 0 radical (unpaired) electrons. The summed E-state index contributed by atoms with van der Waals surface area (Å²) in [6, 6.07) is 11.7. The maximum Gasteiger partial charge on any atom is 0.0480 e. The fourth-order valence-corrected chi connectivity index (χ4v) is 2.06. The second-order valence-corrected chi connectivity index (χ2v) is 4.19. The Bertz CT molecular complexity index is 280. The zero-order chi connectivity index (χ0) is 10.5. The predicted molar refractivity (Wildman–Crippen MR) is 61.8 cm³/mol. The van der Waals surface area contributed by atoms with Gasteiger partial charge in [-0.3, -0.25) is 0 Å². The van der Waals surface area contributed by atoms with Gasteiger partial charge in [-0.1, -0.05) is 30.3 Å². The van der Waals surface area contributed by atoms with E-state index in [2.05, 4.69) is 42.6 Å². The van der Waals surface area contributed by atoms with Crippen LogP contribution in [0.3, 0.4) is 0 Å². The van der Waals surface area contributed by atoms with Gasteiger partial charge >= 0.3 is 0 Å². The Morgan fingerprint density at radius 3 is 2.53 bits per heavy atom. The minimum absolute atomic E-state index is 0.439. The first-order chi connectivity index (χ1) is 7.36. The highest BCUT2D eigenvalue weighted by Gasteiger charge is 2.16. The molecule has 1 N–H and O–H groups in total. The second kappa shape index (κ2) is 5.29. The van der Waals surface area contributed by atoms with Gasteiger partial charge in [0, 0.05) is 25.3 Å². The van der Waals surface area contributed by atoms with E-state index in [4.69, 9.17) is 4.74 Å². The van der Waals surface area contributed by atoms with Gasteiger partial charge in [-0.05, 0) is 25.3 Å². The summed E-state index contributed by atoms with van der Waals surface area (Å²) in [7, 11) is 0. The molecule has 2 rings (SSSR count). The Labute approximate surface area is 91.6 Å². The third-order valence-corrected chi connectivity index (χ3v) is 3.01. The van der Waals surface area contributed by atoms with Crippen molar-refractivity contribution in [2.45, 2.75) is 31.8 Å². The van der Waals surface area contributed by atoms with Gasteiger partial charge < -0.3 is 10.1 Å². The molecule has 0 aromatic heterocycles. The van der Waals surface area contributed by atoms with Crippen molar-refractivity contribution in [2.24, 2.45) is 0 Å². The van der Waals surface area contributed by atoms with E-state index in [0.29, 0.717) is 12.1 Å². The van der Waals surface area contributed by atoms with Gasteiger partial charge in [0.1, 0.15) is 0 Å². The van der Waals surface area contributed by atoms with E-state index < -0.39 is 0 Å². The van der Waals surface area contributed by atoms with E-state index >= 15 is 0 Å². The molecule has 1 fully saturated rings. The predicted octanol–water partition coefficient (Wildman–Crippen LogP) is 2.52. The van der Waals surface area contributed by atoms with Crippen LogP contribution in [0.15, 0.2) is 30.3 Å². The van der Waals surface area contributed by atoms with Crippen molar-refractivity contribution >= 4 is 0 Å². The van der Waals surface area contributed by atoms with Gasteiger partial charge in [0.2, 0.25) is 0 Å². The monoisotopic (exact) mass is 205 g/mol. The van der Waals surface area contributed by atoms with Crippen molar-refractivity contribution in [1.82, 2.24) is 5.32 Å². The number of hydrogen-bond donors (Lipinski definition) is 1. The SMILES string of the molecule is C[C@@H](NC1CCOCC1)c1ccccc1. The molecule has 1 heterocycles. The molecule has 1 aliphatic heterocycles. The third kappa shape index (κ3) is 3.05. The maximum atomic E-state index is 5.35. The van der Waals surface area contributed by atoms with E-state index in [0.717, 1.165) is 26.1 Å². The average molecular weight is 205 g/mol. The molecule has 2 heteroatoms. The van der Waals surface area contributed by atoms with Crippen LogP contribution in [-0.2, 0) is 4.74 Å². The van der Waals surface area contributed by atoms with Gasteiger partial charge in [-0.25, -0.2) is 0 Å². The Balaban J connectivity index is 1.88. The molecule has 82 valence electrons. The summed E-state index contributed by atoms with van der Waals surface area (Å²) in [5.41, 5.74) is 1.36. The van der Waals surface area contributed by atoms with Crippen LogP contribution < -0.4 is 5.32 Å². The number of hydrogen-bond acceptors (Lipinski definition) is 2. The van der Waals surface area contributed by atoms with Gasteiger partial charge in [-0.15, -0.1) is 0 Å². The standard InChI is InChI=1S/C13H19NO/c1-11(12-5-3-2-4-6-12)14-13-7-9-15-10-8-13/h2-6,11,13-14H,7-10H2,1H3/t11-/m1/s1. The van der Waals surface area contributed by atoms with Gasteiger partial charge in [0.05, 0.1) is 0 Å². The smallest absolute Gasteiger partial charge is 0.0480 e. The van der Waals surface area contributed by atoms with E-state index in [1.54, 1.807) is 0 Å². The average Bonchev–Trinajstić information content (AvgIpc) is 2.31. The molecule has 1 atom stereocenters. The summed E-state index contributed by atoms with van der Waals surface area (Å²) in [5, 5.41) is 3.66. The molecule has 15 heavy (non-hydrogen) atoms. The van der Waals surface area contributed by atoms with Crippen molar-refractivity contribution in [3.8, 4) is 0 Å². The van der Waals surface area contributed by atoms with Crippen molar-refractivity contribution in [3.05, 3.63) is 35.9 Å². The molecule has 0 amide bonds. The lowest BCUT2D eigenvalue weighted by atomic mass is 10.0. The lowest BCUT2D eigenvalue weighted by molar-refractivity contribution is 0.0754. The van der Waals surface area contributed by atoms with Gasteiger partial charge in [-0.2, -0.15) is 0 Å². The van der Waals surface area contributed by atoms with E-state index in [-0.39, 0.29) is 0 Å². The zero-order valence-corrected chi connectivity index (χ0v) is 9.28. The van der Waals surface area contributed by atoms with Crippen LogP contribution in [0, 0.1) is 0 Å². The molecule has 0 spiro atoms. The molecule has 1 saturated heterocycles. The van der Waals surface area contributed by atoms with Crippen molar-refractivity contribution < 1.29 is 4.74 Å². The van der Waals surface area contributed by atoms with Crippen LogP contribution >= 0.6 is 0 Å².